The number of anilines is 1. The summed E-state index contributed by atoms with van der Waals surface area (Å²) in [5, 5.41) is 5.42. The molecule has 96 valence electrons. The van der Waals surface area contributed by atoms with Crippen molar-refractivity contribution in [3.8, 4) is 11.1 Å². The zero-order valence-corrected chi connectivity index (χ0v) is 11.6. The summed E-state index contributed by atoms with van der Waals surface area (Å²) in [4.78, 5) is 4.33. The molecule has 0 aliphatic carbocycles. The molecule has 2 aromatic heterocycles. The molecule has 0 spiro atoms. The molecule has 0 fully saturated rings. The third-order valence-corrected chi connectivity index (χ3v) is 3.41. The second-order valence-electron chi connectivity index (χ2n) is 4.24. The average Bonchev–Trinajstić information content (AvgIpc) is 2.73. The molecule has 2 heterocycles. The zero-order valence-electron chi connectivity index (χ0n) is 10.1. The summed E-state index contributed by atoms with van der Waals surface area (Å²) < 4.78 is 1.61. The first-order valence-electron chi connectivity index (χ1n) is 5.62. The second-order valence-corrected chi connectivity index (χ2v) is 5.08. The normalized spacial score (nSPS) is 11.1. The summed E-state index contributed by atoms with van der Waals surface area (Å²) in [5.41, 5.74) is 9.23. The Hall–Kier alpha value is -1.78. The van der Waals surface area contributed by atoms with E-state index in [9.17, 15) is 0 Å². The minimum absolute atomic E-state index is 0.502. The molecule has 2 N–H and O–H groups in total. The minimum Gasteiger partial charge on any atom is -0.383 e. The van der Waals surface area contributed by atoms with Crippen LogP contribution in [0.25, 0.3) is 16.8 Å². The van der Waals surface area contributed by atoms with E-state index in [-0.39, 0.29) is 0 Å². The monoisotopic (exact) mass is 292 g/mol. The summed E-state index contributed by atoms with van der Waals surface area (Å²) in [5.74, 6) is 0.502. The highest BCUT2D eigenvalue weighted by Crippen LogP contribution is 2.33. The third kappa shape index (κ3) is 2.03. The molecule has 0 bridgehead atoms. The molecule has 0 atom stereocenters. The lowest BCUT2D eigenvalue weighted by Gasteiger charge is -2.09. The first-order valence-corrected chi connectivity index (χ1v) is 6.38. The number of hydrogen-bond donors (Lipinski definition) is 1. The van der Waals surface area contributed by atoms with Crippen molar-refractivity contribution in [3.05, 3.63) is 46.2 Å². The van der Waals surface area contributed by atoms with E-state index in [1.807, 2.05) is 19.1 Å². The van der Waals surface area contributed by atoms with Gasteiger partial charge in [0.05, 0.1) is 10.7 Å². The van der Waals surface area contributed by atoms with Crippen LogP contribution in [0.3, 0.4) is 0 Å². The molecule has 19 heavy (non-hydrogen) atoms. The van der Waals surface area contributed by atoms with Crippen LogP contribution in [-0.2, 0) is 0 Å². The maximum Gasteiger partial charge on any atom is 0.157 e. The average molecular weight is 293 g/mol. The van der Waals surface area contributed by atoms with E-state index in [0.29, 0.717) is 21.5 Å². The number of aromatic nitrogens is 3. The lowest BCUT2D eigenvalue weighted by Crippen LogP contribution is -2.02. The highest BCUT2D eigenvalue weighted by molar-refractivity contribution is 6.36. The van der Waals surface area contributed by atoms with Crippen molar-refractivity contribution in [2.75, 3.05) is 5.73 Å². The van der Waals surface area contributed by atoms with Gasteiger partial charge in [-0.2, -0.15) is 9.61 Å². The molecule has 0 saturated carbocycles. The first kappa shape index (κ1) is 12.3. The Morgan fingerprint density at radius 3 is 2.68 bits per heavy atom. The van der Waals surface area contributed by atoms with Crippen LogP contribution in [0.1, 0.15) is 5.69 Å². The lowest BCUT2D eigenvalue weighted by atomic mass is 10.1. The Morgan fingerprint density at radius 2 is 1.95 bits per heavy atom. The van der Waals surface area contributed by atoms with Gasteiger partial charge < -0.3 is 5.73 Å². The number of nitrogens with zero attached hydrogens (tertiary/aromatic N) is 3. The number of benzene rings is 1. The number of nitrogen functional groups attached to an aromatic ring is 1. The molecule has 0 unspecified atom stereocenters. The van der Waals surface area contributed by atoms with Gasteiger partial charge in [-0.05, 0) is 19.1 Å². The fourth-order valence-corrected chi connectivity index (χ4v) is 2.49. The van der Waals surface area contributed by atoms with Gasteiger partial charge in [0, 0.05) is 28.4 Å². The van der Waals surface area contributed by atoms with Gasteiger partial charge in [0.25, 0.3) is 0 Å². The number of fused-ring (bicyclic) bond motifs is 1. The number of nitrogens with two attached hydrogens (primary N) is 1. The SMILES string of the molecule is Cc1cc2ncc(-c3ccc(Cl)cc3Cl)c(N)n2n1. The van der Waals surface area contributed by atoms with E-state index < -0.39 is 0 Å². The third-order valence-electron chi connectivity index (χ3n) is 2.86. The second kappa shape index (κ2) is 4.40. The van der Waals surface area contributed by atoms with Crippen LogP contribution in [-0.4, -0.2) is 14.6 Å². The van der Waals surface area contributed by atoms with Crippen molar-refractivity contribution in [2.24, 2.45) is 0 Å². The predicted molar refractivity (Wildman–Crippen MR) is 77.6 cm³/mol. The van der Waals surface area contributed by atoms with Gasteiger partial charge in [-0.1, -0.05) is 29.3 Å². The Balaban J connectivity index is 2.27. The van der Waals surface area contributed by atoms with Crippen LogP contribution in [0.2, 0.25) is 10.0 Å². The van der Waals surface area contributed by atoms with Crippen molar-refractivity contribution in [1.29, 1.82) is 0 Å². The minimum atomic E-state index is 0.502. The summed E-state index contributed by atoms with van der Waals surface area (Å²) in [6.07, 6.45) is 1.70. The maximum atomic E-state index is 6.19. The fraction of sp³-hybridized carbons (Fsp3) is 0.0769. The van der Waals surface area contributed by atoms with Crippen molar-refractivity contribution in [2.45, 2.75) is 6.92 Å². The number of rotatable bonds is 1. The van der Waals surface area contributed by atoms with E-state index in [2.05, 4.69) is 10.1 Å². The van der Waals surface area contributed by atoms with E-state index >= 15 is 0 Å². The van der Waals surface area contributed by atoms with Crippen LogP contribution in [0.5, 0.6) is 0 Å². The standard InChI is InChI=1S/C13H10Cl2N4/c1-7-4-12-17-6-10(13(16)19(12)18-7)9-3-2-8(14)5-11(9)15/h2-6H,16H2,1H3. The number of halogens is 2. The molecular weight excluding hydrogens is 283 g/mol. The Bertz CT molecular complexity index is 780. The van der Waals surface area contributed by atoms with Gasteiger partial charge in [-0.3, -0.25) is 0 Å². The van der Waals surface area contributed by atoms with E-state index in [1.54, 1.807) is 22.8 Å². The van der Waals surface area contributed by atoms with Crippen LogP contribution < -0.4 is 5.73 Å². The largest absolute Gasteiger partial charge is 0.383 e. The van der Waals surface area contributed by atoms with Crippen molar-refractivity contribution in [3.63, 3.8) is 0 Å². The van der Waals surface area contributed by atoms with Gasteiger partial charge in [0.1, 0.15) is 5.82 Å². The van der Waals surface area contributed by atoms with Crippen molar-refractivity contribution >= 4 is 34.7 Å². The van der Waals surface area contributed by atoms with Crippen LogP contribution in [0.15, 0.2) is 30.5 Å². The summed E-state index contributed by atoms with van der Waals surface area (Å²) >= 11 is 12.1. The Kier molecular flexibility index (Phi) is 2.84. The molecule has 0 saturated heterocycles. The highest BCUT2D eigenvalue weighted by atomic mass is 35.5. The van der Waals surface area contributed by atoms with E-state index in [0.717, 1.165) is 16.8 Å². The maximum absolute atomic E-state index is 6.19. The zero-order chi connectivity index (χ0) is 13.6. The Labute approximate surface area is 119 Å². The van der Waals surface area contributed by atoms with Crippen molar-refractivity contribution in [1.82, 2.24) is 14.6 Å². The van der Waals surface area contributed by atoms with Crippen LogP contribution in [0.4, 0.5) is 5.82 Å². The molecule has 3 aromatic rings. The number of hydrogen-bond acceptors (Lipinski definition) is 3. The van der Waals surface area contributed by atoms with Gasteiger partial charge >= 0.3 is 0 Å². The van der Waals surface area contributed by atoms with Gasteiger partial charge in [0.2, 0.25) is 0 Å². The summed E-state index contributed by atoms with van der Waals surface area (Å²) in [6, 6.07) is 7.13. The van der Waals surface area contributed by atoms with Gasteiger partial charge in [-0.25, -0.2) is 4.98 Å². The topological polar surface area (TPSA) is 56.2 Å². The molecule has 3 rings (SSSR count). The molecule has 1 aromatic carbocycles. The van der Waals surface area contributed by atoms with Crippen LogP contribution >= 0.6 is 23.2 Å². The fourth-order valence-electron chi connectivity index (χ4n) is 1.98. The summed E-state index contributed by atoms with van der Waals surface area (Å²) in [6.45, 7) is 1.89. The number of aryl methyl sites for hydroxylation is 1. The van der Waals surface area contributed by atoms with E-state index in [4.69, 9.17) is 28.9 Å². The highest BCUT2D eigenvalue weighted by Gasteiger charge is 2.12. The lowest BCUT2D eigenvalue weighted by molar-refractivity contribution is 0.930. The molecular formula is C13H10Cl2N4. The predicted octanol–water partition coefficient (Wildman–Crippen LogP) is 3.59. The molecule has 0 amide bonds. The van der Waals surface area contributed by atoms with E-state index in [1.165, 1.54) is 0 Å². The molecule has 6 heteroatoms. The van der Waals surface area contributed by atoms with Crippen molar-refractivity contribution < 1.29 is 0 Å². The van der Waals surface area contributed by atoms with Gasteiger partial charge in [-0.15, -0.1) is 0 Å². The molecule has 0 radical (unpaired) electrons. The Morgan fingerprint density at radius 1 is 1.16 bits per heavy atom. The van der Waals surface area contributed by atoms with Crippen LogP contribution in [0, 0.1) is 6.92 Å². The molecule has 0 aliphatic rings. The quantitative estimate of drug-likeness (QED) is 0.746. The summed E-state index contributed by atoms with van der Waals surface area (Å²) in [7, 11) is 0. The first-order chi connectivity index (χ1) is 9.06. The molecule has 4 nitrogen and oxygen atoms in total. The molecule has 0 aliphatic heterocycles. The van der Waals surface area contributed by atoms with Gasteiger partial charge in [0.15, 0.2) is 5.65 Å². The smallest absolute Gasteiger partial charge is 0.157 e.